The van der Waals surface area contributed by atoms with E-state index >= 15 is 0 Å². The third-order valence-corrected chi connectivity index (χ3v) is 5.50. The summed E-state index contributed by atoms with van der Waals surface area (Å²) in [6.07, 6.45) is 2.96. The summed E-state index contributed by atoms with van der Waals surface area (Å²) in [4.78, 5) is 0. The summed E-state index contributed by atoms with van der Waals surface area (Å²) in [5.74, 6) is 1.14. The Morgan fingerprint density at radius 2 is 2.14 bits per heavy atom. The van der Waals surface area contributed by atoms with Gasteiger partial charge in [-0.05, 0) is 37.5 Å². The normalized spacial score (nSPS) is 15.1. The number of ether oxygens (including phenoxy) is 1. The Bertz CT molecular complexity index is 570. The van der Waals surface area contributed by atoms with Crippen molar-refractivity contribution < 1.29 is 13.2 Å². The molecule has 0 spiro atoms. The molecule has 0 unspecified atom stereocenters. The fourth-order valence-corrected chi connectivity index (χ4v) is 3.02. The Morgan fingerprint density at radius 3 is 2.81 bits per heavy atom. The molecule has 0 amide bonds. The van der Waals surface area contributed by atoms with Gasteiger partial charge in [0.15, 0.2) is 0 Å². The van der Waals surface area contributed by atoms with E-state index in [2.05, 4.69) is 5.32 Å². The van der Waals surface area contributed by atoms with Crippen molar-refractivity contribution in [1.82, 2.24) is 5.32 Å². The molecular formula is C15H22ClNO3S. The molecule has 1 fully saturated rings. The molecule has 0 bridgehead atoms. The third kappa shape index (κ3) is 5.85. The molecule has 1 N–H and O–H groups in total. The zero-order chi connectivity index (χ0) is 15.3. The molecule has 1 aliphatic carbocycles. The van der Waals surface area contributed by atoms with Crippen LogP contribution in [0.15, 0.2) is 18.2 Å². The Labute approximate surface area is 131 Å². The number of hydrogen-bond acceptors (Lipinski definition) is 4. The topological polar surface area (TPSA) is 55.4 Å². The molecule has 4 nitrogen and oxygen atoms in total. The van der Waals surface area contributed by atoms with Crippen LogP contribution in [-0.4, -0.2) is 32.6 Å². The predicted molar refractivity (Wildman–Crippen MR) is 85.8 cm³/mol. The van der Waals surface area contributed by atoms with Gasteiger partial charge >= 0.3 is 0 Å². The van der Waals surface area contributed by atoms with Gasteiger partial charge in [0.2, 0.25) is 0 Å². The number of nitrogens with one attached hydrogen (secondary N) is 1. The smallest absolute Gasteiger partial charge is 0.150 e. The summed E-state index contributed by atoms with van der Waals surface area (Å²) < 4.78 is 28.6. The van der Waals surface area contributed by atoms with Crippen LogP contribution >= 0.6 is 11.6 Å². The van der Waals surface area contributed by atoms with Crippen molar-refractivity contribution in [1.29, 1.82) is 0 Å². The predicted octanol–water partition coefficient (Wildman–Crippen LogP) is 2.80. The Balaban J connectivity index is 1.86. The molecule has 6 heteroatoms. The van der Waals surface area contributed by atoms with Gasteiger partial charge in [0.1, 0.15) is 15.6 Å². The maximum Gasteiger partial charge on any atom is 0.150 e. The minimum absolute atomic E-state index is 0.173. The summed E-state index contributed by atoms with van der Waals surface area (Å²) in [7, 11) is -2.92. The van der Waals surface area contributed by atoms with E-state index in [-0.39, 0.29) is 11.5 Å². The number of rotatable bonds is 9. The van der Waals surface area contributed by atoms with Crippen molar-refractivity contribution in [3.63, 3.8) is 0 Å². The van der Waals surface area contributed by atoms with E-state index in [1.54, 1.807) is 13.0 Å². The zero-order valence-corrected chi connectivity index (χ0v) is 13.8. The molecule has 1 saturated carbocycles. The van der Waals surface area contributed by atoms with Gasteiger partial charge in [0, 0.05) is 28.9 Å². The van der Waals surface area contributed by atoms with Crippen LogP contribution in [-0.2, 0) is 16.4 Å². The molecule has 0 aromatic heterocycles. The van der Waals surface area contributed by atoms with Crippen molar-refractivity contribution in [3.8, 4) is 5.75 Å². The first-order chi connectivity index (χ1) is 10.00. The van der Waals surface area contributed by atoms with Crippen LogP contribution in [0.4, 0.5) is 0 Å². The average Bonchev–Trinajstić information content (AvgIpc) is 3.27. The van der Waals surface area contributed by atoms with Gasteiger partial charge in [-0.15, -0.1) is 0 Å². The molecular weight excluding hydrogens is 310 g/mol. The summed E-state index contributed by atoms with van der Waals surface area (Å²) in [5.41, 5.74) is 1.02. The first-order valence-electron chi connectivity index (χ1n) is 7.35. The Kier molecular flexibility index (Phi) is 5.90. The van der Waals surface area contributed by atoms with Gasteiger partial charge in [0.25, 0.3) is 0 Å². The van der Waals surface area contributed by atoms with Crippen molar-refractivity contribution in [2.45, 2.75) is 38.8 Å². The molecule has 1 aliphatic rings. The average molecular weight is 332 g/mol. The summed E-state index contributed by atoms with van der Waals surface area (Å²) in [5, 5.41) is 4.11. The highest BCUT2D eigenvalue weighted by Gasteiger charge is 2.20. The molecule has 1 aromatic carbocycles. The SMILES string of the molecule is CCS(=O)(=O)CCCOc1ccc(Cl)cc1CNC1CC1. The lowest BCUT2D eigenvalue weighted by Crippen LogP contribution is -2.16. The van der Waals surface area contributed by atoms with Gasteiger partial charge in [-0.25, -0.2) is 8.42 Å². The van der Waals surface area contributed by atoms with E-state index in [0.717, 1.165) is 17.9 Å². The zero-order valence-electron chi connectivity index (χ0n) is 12.3. The first-order valence-corrected chi connectivity index (χ1v) is 9.55. The maximum atomic E-state index is 11.4. The summed E-state index contributed by atoms with van der Waals surface area (Å²) in [6.45, 7) is 2.79. The lowest BCUT2D eigenvalue weighted by molar-refractivity contribution is 0.313. The molecule has 1 aromatic rings. The number of halogens is 1. The van der Waals surface area contributed by atoms with E-state index < -0.39 is 9.84 Å². The second kappa shape index (κ2) is 7.47. The van der Waals surface area contributed by atoms with Gasteiger partial charge in [-0.3, -0.25) is 0 Å². The second-order valence-corrected chi connectivity index (χ2v) is 8.25. The quantitative estimate of drug-likeness (QED) is 0.707. The Morgan fingerprint density at radius 1 is 1.38 bits per heavy atom. The number of benzene rings is 1. The van der Waals surface area contributed by atoms with E-state index in [1.807, 2.05) is 12.1 Å². The van der Waals surface area contributed by atoms with E-state index in [0.29, 0.717) is 24.1 Å². The van der Waals surface area contributed by atoms with E-state index in [9.17, 15) is 8.42 Å². The largest absolute Gasteiger partial charge is 0.493 e. The Hall–Kier alpha value is -0.780. The van der Waals surface area contributed by atoms with Gasteiger partial charge < -0.3 is 10.1 Å². The van der Waals surface area contributed by atoms with Crippen LogP contribution in [0.1, 0.15) is 31.7 Å². The van der Waals surface area contributed by atoms with Gasteiger partial charge in [0.05, 0.1) is 12.4 Å². The standard InChI is InChI=1S/C15H22ClNO3S/c1-2-21(18,19)9-3-8-20-15-7-4-13(16)10-12(15)11-17-14-5-6-14/h4,7,10,14,17H,2-3,5-6,8-9,11H2,1H3. The molecule has 0 radical (unpaired) electrons. The van der Waals surface area contributed by atoms with Crippen molar-refractivity contribution in [3.05, 3.63) is 28.8 Å². The summed E-state index contributed by atoms with van der Waals surface area (Å²) >= 11 is 6.03. The van der Waals surface area contributed by atoms with Crippen LogP contribution in [0.25, 0.3) is 0 Å². The molecule has 0 saturated heterocycles. The molecule has 0 heterocycles. The minimum atomic E-state index is -2.92. The lowest BCUT2D eigenvalue weighted by Gasteiger charge is -2.12. The molecule has 0 aliphatic heterocycles. The van der Waals surface area contributed by atoms with Crippen LogP contribution in [0.5, 0.6) is 5.75 Å². The number of hydrogen-bond donors (Lipinski definition) is 1. The van der Waals surface area contributed by atoms with Crippen LogP contribution in [0.3, 0.4) is 0 Å². The third-order valence-electron chi connectivity index (χ3n) is 3.48. The van der Waals surface area contributed by atoms with Gasteiger partial charge in [-0.2, -0.15) is 0 Å². The van der Waals surface area contributed by atoms with E-state index in [4.69, 9.17) is 16.3 Å². The van der Waals surface area contributed by atoms with Crippen molar-refractivity contribution in [2.75, 3.05) is 18.1 Å². The minimum Gasteiger partial charge on any atom is -0.493 e. The van der Waals surface area contributed by atoms with Crippen LogP contribution in [0.2, 0.25) is 5.02 Å². The highest BCUT2D eigenvalue weighted by molar-refractivity contribution is 7.91. The van der Waals surface area contributed by atoms with E-state index in [1.165, 1.54) is 12.8 Å². The molecule has 2 rings (SSSR count). The van der Waals surface area contributed by atoms with Crippen LogP contribution in [0, 0.1) is 0 Å². The van der Waals surface area contributed by atoms with Crippen LogP contribution < -0.4 is 10.1 Å². The second-order valence-electron chi connectivity index (χ2n) is 5.35. The lowest BCUT2D eigenvalue weighted by atomic mass is 10.2. The van der Waals surface area contributed by atoms with Crippen molar-refractivity contribution in [2.24, 2.45) is 0 Å². The fraction of sp³-hybridized carbons (Fsp3) is 0.600. The number of sulfone groups is 1. The highest BCUT2D eigenvalue weighted by Crippen LogP contribution is 2.25. The fourth-order valence-electron chi connectivity index (χ4n) is 1.97. The summed E-state index contributed by atoms with van der Waals surface area (Å²) in [6, 6.07) is 6.15. The molecule has 118 valence electrons. The van der Waals surface area contributed by atoms with Gasteiger partial charge in [-0.1, -0.05) is 18.5 Å². The maximum absolute atomic E-state index is 11.4. The monoisotopic (exact) mass is 331 g/mol. The first kappa shape index (κ1) is 16.6. The highest BCUT2D eigenvalue weighted by atomic mass is 35.5. The molecule has 21 heavy (non-hydrogen) atoms. The van der Waals surface area contributed by atoms with Crippen molar-refractivity contribution >= 4 is 21.4 Å². The molecule has 0 atom stereocenters.